The molecule has 1 aromatic carbocycles. The standard InChI is InChI=1S/C26H32BrF2N3O2/c27-19-14-20(28)16(13-21(19)29)15-31-25(34)23-18-6-5-17(26(18)7-8-26)22(23)24(33)30-9-1-2-10-32-11-3-4-12-32/h5-6,13-14,17-18,22-23H,1-4,7-12,15H2,(H,30,33)(H,31,34)/t17-,18+,22-,23-/m1/s1. The zero-order valence-corrected chi connectivity index (χ0v) is 20.9. The van der Waals surface area contributed by atoms with Crippen LogP contribution in [-0.4, -0.2) is 42.9 Å². The molecule has 3 fully saturated rings. The maximum Gasteiger partial charge on any atom is 0.224 e. The number of nitrogens with one attached hydrogen (secondary N) is 2. The minimum absolute atomic E-state index is 0.0364. The van der Waals surface area contributed by atoms with Crippen LogP contribution in [-0.2, 0) is 16.1 Å². The molecule has 0 unspecified atom stereocenters. The second-order valence-corrected chi connectivity index (χ2v) is 11.2. The highest BCUT2D eigenvalue weighted by Crippen LogP contribution is 2.72. The molecule has 0 aromatic heterocycles. The van der Waals surface area contributed by atoms with E-state index in [2.05, 4.69) is 43.6 Å². The molecule has 1 spiro atoms. The summed E-state index contributed by atoms with van der Waals surface area (Å²) in [4.78, 5) is 29.0. The van der Waals surface area contributed by atoms with Crippen molar-refractivity contribution in [3.05, 3.63) is 46.0 Å². The highest BCUT2D eigenvalue weighted by molar-refractivity contribution is 9.10. The van der Waals surface area contributed by atoms with Gasteiger partial charge < -0.3 is 15.5 Å². The Bertz CT molecular complexity index is 991. The van der Waals surface area contributed by atoms with Crippen molar-refractivity contribution in [3.8, 4) is 0 Å². The molecule has 184 valence electrons. The molecule has 2 bridgehead atoms. The number of nitrogens with zero attached hydrogens (tertiary/aromatic N) is 1. The van der Waals surface area contributed by atoms with Gasteiger partial charge in [0.25, 0.3) is 0 Å². The Hall–Kier alpha value is -1.80. The normalized spacial score (nSPS) is 28.6. The van der Waals surface area contributed by atoms with Gasteiger partial charge in [-0.2, -0.15) is 0 Å². The predicted octanol–water partition coefficient (Wildman–Crippen LogP) is 4.16. The Kier molecular flexibility index (Phi) is 6.81. The van der Waals surface area contributed by atoms with Gasteiger partial charge in [0.15, 0.2) is 0 Å². The Morgan fingerprint density at radius 2 is 1.62 bits per heavy atom. The Morgan fingerprint density at radius 1 is 0.971 bits per heavy atom. The van der Waals surface area contributed by atoms with Gasteiger partial charge in [-0.05, 0) is 103 Å². The van der Waals surface area contributed by atoms with Crippen molar-refractivity contribution in [3.63, 3.8) is 0 Å². The van der Waals surface area contributed by atoms with Gasteiger partial charge in [0, 0.05) is 18.7 Å². The summed E-state index contributed by atoms with van der Waals surface area (Å²) in [6, 6.07) is 2.16. The first-order valence-electron chi connectivity index (χ1n) is 12.5. The molecule has 2 N–H and O–H groups in total. The lowest BCUT2D eigenvalue weighted by atomic mass is 9.81. The molecule has 1 aliphatic heterocycles. The van der Waals surface area contributed by atoms with Gasteiger partial charge >= 0.3 is 0 Å². The number of unbranched alkanes of at least 4 members (excludes halogenated alkanes) is 1. The lowest BCUT2D eigenvalue weighted by Gasteiger charge is -2.26. The maximum absolute atomic E-state index is 14.2. The van der Waals surface area contributed by atoms with Crippen molar-refractivity contribution >= 4 is 27.7 Å². The number of hydrogen-bond donors (Lipinski definition) is 2. The number of hydrogen-bond acceptors (Lipinski definition) is 3. The first kappa shape index (κ1) is 23.9. The smallest absolute Gasteiger partial charge is 0.224 e. The first-order valence-corrected chi connectivity index (χ1v) is 13.3. The second kappa shape index (κ2) is 9.69. The molecule has 3 aliphatic carbocycles. The van der Waals surface area contributed by atoms with E-state index in [4.69, 9.17) is 0 Å². The Morgan fingerprint density at radius 3 is 2.26 bits per heavy atom. The van der Waals surface area contributed by atoms with E-state index in [1.54, 1.807) is 0 Å². The monoisotopic (exact) mass is 535 g/mol. The van der Waals surface area contributed by atoms with Crippen molar-refractivity contribution < 1.29 is 18.4 Å². The third-order valence-electron chi connectivity index (χ3n) is 8.39. The van der Waals surface area contributed by atoms with Gasteiger partial charge in [0.2, 0.25) is 11.8 Å². The van der Waals surface area contributed by atoms with Crippen LogP contribution in [0.2, 0.25) is 0 Å². The molecule has 1 heterocycles. The highest BCUT2D eigenvalue weighted by Gasteiger charge is 2.69. The van der Waals surface area contributed by atoms with Crippen LogP contribution in [0.1, 0.15) is 44.1 Å². The van der Waals surface area contributed by atoms with Crippen LogP contribution < -0.4 is 10.6 Å². The fraction of sp³-hybridized carbons (Fsp3) is 0.615. The van der Waals surface area contributed by atoms with Crippen molar-refractivity contribution in [1.29, 1.82) is 0 Å². The van der Waals surface area contributed by atoms with E-state index in [-0.39, 0.29) is 45.6 Å². The van der Waals surface area contributed by atoms with Gasteiger partial charge in [-0.3, -0.25) is 9.59 Å². The lowest BCUT2D eigenvalue weighted by molar-refractivity contribution is -0.135. The van der Waals surface area contributed by atoms with Gasteiger partial charge in [0.1, 0.15) is 11.6 Å². The second-order valence-electron chi connectivity index (χ2n) is 10.3. The van der Waals surface area contributed by atoms with E-state index >= 15 is 0 Å². The minimum atomic E-state index is -0.580. The predicted molar refractivity (Wildman–Crippen MR) is 129 cm³/mol. The minimum Gasteiger partial charge on any atom is -0.356 e. The van der Waals surface area contributed by atoms with Crippen molar-refractivity contribution in [2.24, 2.45) is 29.1 Å². The van der Waals surface area contributed by atoms with Gasteiger partial charge in [-0.1, -0.05) is 12.2 Å². The molecule has 5 nitrogen and oxygen atoms in total. The summed E-state index contributed by atoms with van der Waals surface area (Å²) in [6.07, 6.45) is 10.8. The number of rotatable bonds is 9. The van der Waals surface area contributed by atoms with Crippen LogP contribution in [0.15, 0.2) is 28.8 Å². The lowest BCUT2D eigenvalue weighted by Crippen LogP contribution is -2.44. The zero-order valence-electron chi connectivity index (χ0n) is 19.3. The Labute approximate surface area is 207 Å². The molecule has 8 heteroatoms. The maximum atomic E-state index is 14.2. The molecule has 1 saturated heterocycles. The van der Waals surface area contributed by atoms with Crippen LogP contribution in [0.3, 0.4) is 0 Å². The number of carbonyl (C=O) groups excluding carboxylic acids is 2. The third-order valence-corrected chi connectivity index (χ3v) is 9.00. The number of likely N-dealkylation sites (tertiary alicyclic amines) is 1. The first-order chi connectivity index (χ1) is 16.4. The van der Waals surface area contributed by atoms with Gasteiger partial charge in [-0.15, -0.1) is 0 Å². The summed E-state index contributed by atoms with van der Waals surface area (Å²) in [7, 11) is 0. The van der Waals surface area contributed by atoms with Crippen LogP contribution in [0, 0.1) is 40.7 Å². The van der Waals surface area contributed by atoms with E-state index in [9.17, 15) is 18.4 Å². The van der Waals surface area contributed by atoms with E-state index in [1.165, 1.54) is 25.9 Å². The van der Waals surface area contributed by atoms with E-state index < -0.39 is 23.5 Å². The quantitative estimate of drug-likeness (QED) is 0.283. The van der Waals surface area contributed by atoms with Crippen LogP contribution >= 0.6 is 15.9 Å². The van der Waals surface area contributed by atoms with E-state index in [0.717, 1.165) is 44.4 Å². The number of amides is 2. The van der Waals surface area contributed by atoms with Crippen LogP contribution in [0.5, 0.6) is 0 Å². The third kappa shape index (κ3) is 4.43. The summed E-state index contributed by atoms with van der Waals surface area (Å²) >= 11 is 2.97. The fourth-order valence-corrected chi connectivity index (χ4v) is 6.82. The molecule has 4 atom stereocenters. The zero-order chi connectivity index (χ0) is 23.9. The van der Waals surface area contributed by atoms with Crippen LogP contribution in [0.4, 0.5) is 8.78 Å². The number of halogens is 3. The number of carbonyl (C=O) groups is 2. The summed E-state index contributed by atoms with van der Waals surface area (Å²) < 4.78 is 28.1. The largest absolute Gasteiger partial charge is 0.356 e. The van der Waals surface area contributed by atoms with E-state index in [1.807, 2.05) is 0 Å². The van der Waals surface area contributed by atoms with Gasteiger partial charge in [-0.25, -0.2) is 8.78 Å². The molecular formula is C26H32BrF2N3O2. The molecule has 2 saturated carbocycles. The number of benzene rings is 1. The topological polar surface area (TPSA) is 61.4 Å². The molecule has 5 rings (SSSR count). The molecule has 2 amide bonds. The van der Waals surface area contributed by atoms with E-state index in [0.29, 0.717) is 6.54 Å². The summed E-state index contributed by atoms with van der Waals surface area (Å²) in [5.74, 6) is -2.20. The molecule has 1 aromatic rings. The van der Waals surface area contributed by atoms with Crippen molar-refractivity contribution in [2.45, 2.75) is 45.1 Å². The summed E-state index contributed by atoms with van der Waals surface area (Å²) in [6.45, 7) is 3.95. The highest BCUT2D eigenvalue weighted by atomic mass is 79.9. The fourth-order valence-electron chi connectivity index (χ4n) is 6.51. The summed E-state index contributed by atoms with van der Waals surface area (Å²) in [5.41, 5.74) is 0.127. The average Bonchev–Trinajstić information content (AvgIpc) is 3.17. The molecule has 4 aliphatic rings. The molecular weight excluding hydrogens is 504 g/mol. The molecule has 0 radical (unpaired) electrons. The summed E-state index contributed by atoms with van der Waals surface area (Å²) in [5, 5.41) is 5.89. The molecule has 34 heavy (non-hydrogen) atoms. The van der Waals surface area contributed by atoms with Gasteiger partial charge in [0.05, 0.1) is 16.3 Å². The Balaban J connectivity index is 1.20. The van der Waals surface area contributed by atoms with Crippen LogP contribution in [0.25, 0.3) is 0 Å². The number of allylic oxidation sites excluding steroid dienone is 2. The van der Waals surface area contributed by atoms with Crippen molar-refractivity contribution in [1.82, 2.24) is 15.5 Å². The SMILES string of the molecule is O=C(NCCCCN1CCCC1)[C@H]1[C@H](C(=O)NCc2cc(F)c(Br)cc2F)[C@@H]2C=C[C@H]1C21CC1. The van der Waals surface area contributed by atoms with Crippen molar-refractivity contribution in [2.75, 3.05) is 26.2 Å². The average molecular weight is 536 g/mol.